The van der Waals surface area contributed by atoms with Crippen LogP contribution in [0.15, 0.2) is 42.0 Å². The number of benzene rings is 1. The first-order valence-corrected chi connectivity index (χ1v) is 9.78. The summed E-state index contributed by atoms with van der Waals surface area (Å²) in [5.74, 6) is 0.501. The van der Waals surface area contributed by atoms with Crippen molar-refractivity contribution in [2.45, 2.75) is 38.6 Å². The van der Waals surface area contributed by atoms with Gasteiger partial charge in [-0.2, -0.15) is 0 Å². The van der Waals surface area contributed by atoms with Gasteiger partial charge in [0.2, 0.25) is 0 Å². The summed E-state index contributed by atoms with van der Waals surface area (Å²) in [4.78, 5) is 14.1. The molecule has 0 saturated heterocycles. The smallest absolute Gasteiger partial charge is 0.251 e. The lowest BCUT2D eigenvalue weighted by molar-refractivity contribution is 0.0922. The maximum Gasteiger partial charge on any atom is 0.251 e. The number of carbonyl (C=O) groups excluding carboxylic acids is 1. The van der Waals surface area contributed by atoms with Gasteiger partial charge in [0.1, 0.15) is 6.33 Å². The molecule has 1 saturated carbocycles. The fourth-order valence-electron chi connectivity index (χ4n) is 3.73. The lowest BCUT2D eigenvalue weighted by Crippen LogP contribution is -2.32. The number of hydrogen-bond donors (Lipinski definition) is 1. The van der Waals surface area contributed by atoms with Crippen LogP contribution in [0.1, 0.15) is 52.5 Å². The predicted molar refractivity (Wildman–Crippen MR) is 100 cm³/mol. The molecule has 4 rings (SSSR count). The molecule has 2 heterocycles. The van der Waals surface area contributed by atoms with Gasteiger partial charge in [0.15, 0.2) is 0 Å². The van der Waals surface area contributed by atoms with Crippen LogP contribution in [0.3, 0.4) is 0 Å². The van der Waals surface area contributed by atoms with E-state index in [2.05, 4.69) is 38.4 Å². The molecule has 1 amide bonds. The third-order valence-electron chi connectivity index (χ3n) is 5.06. The third-order valence-corrected chi connectivity index (χ3v) is 6.02. The third kappa shape index (κ3) is 3.39. The molecule has 0 bridgehead atoms. The summed E-state index contributed by atoms with van der Waals surface area (Å²) in [6.07, 6.45) is 6.42. The van der Waals surface area contributed by atoms with Crippen molar-refractivity contribution in [3.8, 4) is 5.69 Å². The number of carbonyl (C=O) groups is 1. The number of hydrogen-bond acceptors (Lipinski definition) is 5. The van der Waals surface area contributed by atoms with Crippen LogP contribution in [-0.2, 0) is 0 Å². The summed E-state index contributed by atoms with van der Waals surface area (Å²) < 4.78 is 1.60. The van der Waals surface area contributed by atoms with Gasteiger partial charge in [0.05, 0.1) is 11.7 Å². The zero-order chi connectivity index (χ0) is 17.9. The van der Waals surface area contributed by atoms with Crippen LogP contribution in [0.25, 0.3) is 5.69 Å². The maximum absolute atomic E-state index is 12.9. The molecule has 0 aliphatic heterocycles. The van der Waals surface area contributed by atoms with Gasteiger partial charge >= 0.3 is 0 Å². The summed E-state index contributed by atoms with van der Waals surface area (Å²) in [7, 11) is 0. The van der Waals surface area contributed by atoms with E-state index < -0.39 is 0 Å². The Morgan fingerprint density at radius 1 is 1.31 bits per heavy atom. The number of thiophene rings is 1. The Morgan fingerprint density at radius 3 is 2.81 bits per heavy atom. The van der Waals surface area contributed by atoms with Crippen molar-refractivity contribution in [1.29, 1.82) is 0 Å². The normalized spacial score (nSPS) is 15.9. The van der Waals surface area contributed by atoms with Crippen molar-refractivity contribution in [3.63, 3.8) is 0 Å². The van der Waals surface area contributed by atoms with Crippen LogP contribution < -0.4 is 5.32 Å². The Labute approximate surface area is 156 Å². The average molecular weight is 367 g/mol. The highest BCUT2D eigenvalue weighted by Crippen LogP contribution is 2.37. The number of amides is 1. The SMILES string of the molecule is Cc1cc(C(=O)NC(c2cccs2)C2CCCC2)ccc1-n1cnnn1. The molecule has 134 valence electrons. The zero-order valence-electron chi connectivity index (χ0n) is 14.6. The van der Waals surface area contributed by atoms with Crippen LogP contribution in [0.4, 0.5) is 0 Å². The highest BCUT2D eigenvalue weighted by atomic mass is 32.1. The second kappa shape index (κ2) is 7.37. The van der Waals surface area contributed by atoms with Crippen LogP contribution in [0, 0.1) is 12.8 Å². The largest absolute Gasteiger partial charge is 0.344 e. The second-order valence-electron chi connectivity index (χ2n) is 6.77. The van der Waals surface area contributed by atoms with Gasteiger partial charge in [0.25, 0.3) is 5.91 Å². The summed E-state index contributed by atoms with van der Waals surface area (Å²) >= 11 is 1.72. The van der Waals surface area contributed by atoms with Gasteiger partial charge in [-0.05, 0) is 71.3 Å². The topological polar surface area (TPSA) is 72.7 Å². The summed E-state index contributed by atoms with van der Waals surface area (Å²) in [6, 6.07) is 9.89. The molecule has 1 fully saturated rings. The van der Waals surface area contributed by atoms with Crippen molar-refractivity contribution < 1.29 is 4.79 Å². The van der Waals surface area contributed by atoms with Crippen molar-refractivity contribution in [2.75, 3.05) is 0 Å². The number of aryl methyl sites for hydroxylation is 1. The molecular formula is C19H21N5OS. The molecule has 0 radical (unpaired) electrons. The number of rotatable bonds is 5. The van der Waals surface area contributed by atoms with Gasteiger partial charge in [-0.25, -0.2) is 4.68 Å². The molecule has 26 heavy (non-hydrogen) atoms. The molecule has 3 aromatic rings. The minimum atomic E-state index is -0.0262. The number of nitrogens with one attached hydrogen (secondary N) is 1. The van der Waals surface area contributed by atoms with E-state index in [9.17, 15) is 4.79 Å². The van der Waals surface area contributed by atoms with E-state index in [1.807, 2.05) is 25.1 Å². The van der Waals surface area contributed by atoms with Gasteiger partial charge in [-0.3, -0.25) is 4.79 Å². The number of tetrazole rings is 1. The number of aromatic nitrogens is 4. The molecule has 2 aromatic heterocycles. The standard InChI is InChI=1S/C19H21N5OS/c1-13-11-15(8-9-16(13)24-12-20-22-23-24)19(25)21-18(14-5-2-3-6-14)17-7-4-10-26-17/h4,7-12,14,18H,2-3,5-6H2,1H3,(H,21,25). The van der Waals surface area contributed by atoms with Crippen LogP contribution >= 0.6 is 11.3 Å². The van der Waals surface area contributed by atoms with Gasteiger partial charge in [-0.15, -0.1) is 16.4 Å². The monoisotopic (exact) mass is 367 g/mol. The van der Waals surface area contributed by atoms with Crippen LogP contribution in [-0.4, -0.2) is 26.1 Å². The fourth-order valence-corrected chi connectivity index (χ4v) is 4.60. The summed E-state index contributed by atoms with van der Waals surface area (Å²) in [6.45, 7) is 1.96. The zero-order valence-corrected chi connectivity index (χ0v) is 15.4. The minimum Gasteiger partial charge on any atom is -0.344 e. The fraction of sp³-hybridized carbons (Fsp3) is 0.368. The molecule has 1 aliphatic carbocycles. The maximum atomic E-state index is 12.9. The highest BCUT2D eigenvalue weighted by molar-refractivity contribution is 7.10. The molecular weight excluding hydrogens is 346 g/mol. The predicted octanol–water partition coefficient (Wildman–Crippen LogP) is 3.69. The van der Waals surface area contributed by atoms with E-state index in [-0.39, 0.29) is 11.9 Å². The molecule has 7 heteroatoms. The quantitative estimate of drug-likeness (QED) is 0.746. The minimum absolute atomic E-state index is 0.0262. The molecule has 1 aliphatic rings. The molecule has 1 N–H and O–H groups in total. The van der Waals surface area contributed by atoms with E-state index in [4.69, 9.17) is 0 Å². The Balaban J connectivity index is 1.55. The van der Waals surface area contributed by atoms with E-state index in [0.29, 0.717) is 11.5 Å². The summed E-state index contributed by atoms with van der Waals surface area (Å²) in [5, 5.41) is 16.6. The van der Waals surface area contributed by atoms with Crippen molar-refractivity contribution >= 4 is 17.2 Å². The van der Waals surface area contributed by atoms with Crippen molar-refractivity contribution in [2.24, 2.45) is 5.92 Å². The first kappa shape index (κ1) is 16.9. The van der Waals surface area contributed by atoms with Crippen LogP contribution in [0.5, 0.6) is 0 Å². The first-order valence-electron chi connectivity index (χ1n) is 8.90. The van der Waals surface area contributed by atoms with Gasteiger partial charge in [0, 0.05) is 10.4 Å². The van der Waals surface area contributed by atoms with E-state index >= 15 is 0 Å². The van der Waals surface area contributed by atoms with E-state index in [1.165, 1.54) is 30.6 Å². The summed E-state index contributed by atoms with van der Waals surface area (Å²) in [5.41, 5.74) is 2.49. The Hall–Kier alpha value is -2.54. The van der Waals surface area contributed by atoms with Crippen molar-refractivity contribution in [3.05, 3.63) is 58.0 Å². The average Bonchev–Trinajstić information content (AvgIpc) is 3.43. The van der Waals surface area contributed by atoms with Crippen LogP contribution in [0.2, 0.25) is 0 Å². The Morgan fingerprint density at radius 2 is 2.15 bits per heavy atom. The molecule has 0 spiro atoms. The molecule has 1 atom stereocenters. The second-order valence-corrected chi connectivity index (χ2v) is 7.75. The van der Waals surface area contributed by atoms with E-state index in [1.54, 1.807) is 22.3 Å². The lowest BCUT2D eigenvalue weighted by Gasteiger charge is -2.24. The first-order chi connectivity index (χ1) is 12.7. The molecule has 1 aromatic carbocycles. The number of nitrogens with zero attached hydrogens (tertiary/aromatic N) is 4. The Kier molecular flexibility index (Phi) is 4.79. The molecule has 6 nitrogen and oxygen atoms in total. The molecule has 1 unspecified atom stereocenters. The highest BCUT2D eigenvalue weighted by Gasteiger charge is 2.28. The van der Waals surface area contributed by atoms with E-state index in [0.717, 1.165) is 11.3 Å². The lowest BCUT2D eigenvalue weighted by atomic mass is 9.96. The van der Waals surface area contributed by atoms with Gasteiger partial charge < -0.3 is 5.32 Å². The van der Waals surface area contributed by atoms with Gasteiger partial charge in [-0.1, -0.05) is 18.9 Å². The van der Waals surface area contributed by atoms with Crippen molar-refractivity contribution in [1.82, 2.24) is 25.5 Å². The Bertz CT molecular complexity index is 869.